The average Bonchev–Trinajstić information content (AvgIpc) is 2.69. The fourth-order valence-corrected chi connectivity index (χ4v) is 3.23. The zero-order chi connectivity index (χ0) is 21.6. The van der Waals surface area contributed by atoms with Crippen molar-refractivity contribution < 1.29 is 9.90 Å². The number of carbonyl (C=O) groups excluding carboxylic acids is 1. The third kappa shape index (κ3) is 6.32. The molecule has 0 amide bonds. The van der Waals surface area contributed by atoms with E-state index < -0.39 is 0 Å². The minimum atomic E-state index is -0.228. The van der Waals surface area contributed by atoms with Crippen LogP contribution in [0.25, 0.3) is 10.8 Å². The lowest BCUT2D eigenvalue weighted by Gasteiger charge is -2.22. The molecule has 0 fully saturated rings. The molecule has 3 aromatic rings. The molecule has 2 N–H and O–H groups in total. The summed E-state index contributed by atoms with van der Waals surface area (Å²) in [7, 11) is 0. The van der Waals surface area contributed by atoms with E-state index in [1.807, 2.05) is 76.2 Å². The number of halogens is 1. The van der Waals surface area contributed by atoms with Crippen molar-refractivity contribution in [1.29, 1.82) is 0 Å². The largest absolute Gasteiger partial charge is 0.507 e. The first kappa shape index (κ1) is 25.7. The van der Waals surface area contributed by atoms with Crippen molar-refractivity contribution in [2.45, 2.75) is 47.0 Å². The molecule has 0 aliphatic carbocycles. The summed E-state index contributed by atoms with van der Waals surface area (Å²) in [4.78, 5) is 13.0. The Bertz CT molecular complexity index is 988. The normalized spacial score (nSPS) is 10.7. The van der Waals surface area contributed by atoms with E-state index in [2.05, 4.69) is 19.2 Å². The zero-order valence-electron chi connectivity index (χ0n) is 18.9. The van der Waals surface area contributed by atoms with Gasteiger partial charge in [-0.15, -0.1) is 12.4 Å². The number of benzene rings is 3. The van der Waals surface area contributed by atoms with Crippen molar-refractivity contribution in [1.82, 2.24) is 5.32 Å². The topological polar surface area (TPSA) is 49.3 Å². The molecule has 162 valence electrons. The molecule has 3 aromatic carbocycles. The van der Waals surface area contributed by atoms with Crippen LogP contribution in [0.2, 0.25) is 0 Å². The summed E-state index contributed by atoms with van der Waals surface area (Å²) >= 11 is 0. The van der Waals surface area contributed by atoms with Crippen LogP contribution in [0.15, 0.2) is 54.6 Å². The number of ketones is 1. The van der Waals surface area contributed by atoms with Gasteiger partial charge in [-0.25, -0.2) is 0 Å². The fourth-order valence-electron chi connectivity index (χ4n) is 3.23. The highest BCUT2D eigenvalue weighted by Crippen LogP contribution is 2.34. The summed E-state index contributed by atoms with van der Waals surface area (Å²) in [6, 6.07) is 17.4. The number of rotatable bonds is 4. The predicted octanol–water partition coefficient (Wildman–Crippen LogP) is 6.42. The number of nitrogens with one attached hydrogen (secondary N) is 1. The first-order valence-electron chi connectivity index (χ1n) is 10.3. The van der Waals surface area contributed by atoms with E-state index in [4.69, 9.17) is 0 Å². The van der Waals surface area contributed by atoms with E-state index in [1.54, 1.807) is 6.07 Å². The summed E-state index contributed by atoms with van der Waals surface area (Å²) in [5.41, 5.74) is 2.58. The molecule has 0 spiro atoms. The highest BCUT2D eigenvalue weighted by molar-refractivity contribution is 6.11. The van der Waals surface area contributed by atoms with Gasteiger partial charge in [0, 0.05) is 16.7 Å². The molecular weight excluding hydrogens is 394 g/mol. The van der Waals surface area contributed by atoms with Gasteiger partial charge < -0.3 is 10.4 Å². The van der Waals surface area contributed by atoms with E-state index >= 15 is 0 Å². The second-order valence-corrected chi connectivity index (χ2v) is 8.29. The van der Waals surface area contributed by atoms with Gasteiger partial charge in [-0.05, 0) is 60.0 Å². The quantitative estimate of drug-likeness (QED) is 0.472. The van der Waals surface area contributed by atoms with Gasteiger partial charge in [0.25, 0.3) is 0 Å². The molecule has 30 heavy (non-hydrogen) atoms. The third-order valence-corrected chi connectivity index (χ3v) is 4.88. The molecule has 0 radical (unpaired) electrons. The molecular formula is C26H34ClNO2. The predicted molar refractivity (Wildman–Crippen MR) is 130 cm³/mol. The number of aryl methyl sites for hydroxylation is 1. The highest BCUT2D eigenvalue weighted by Gasteiger charge is 2.22. The monoisotopic (exact) mass is 427 g/mol. The molecule has 4 heteroatoms. The standard InChI is InChI=1S/C22H22O2.C4H11N.ClH/c1-14-11-18(13-19(20(14)23)22(2,3)4)21(24)17-10-9-15-7-5-6-8-16(15)12-17;1-3-5-4-2;/h5-13,23H,1-4H3;5H,3-4H2,1-2H3;1H. The molecule has 0 saturated heterocycles. The van der Waals surface area contributed by atoms with Crippen LogP contribution in [-0.2, 0) is 5.41 Å². The van der Waals surface area contributed by atoms with Crippen LogP contribution in [0.4, 0.5) is 0 Å². The minimum absolute atomic E-state index is 0. The lowest BCUT2D eigenvalue weighted by Crippen LogP contribution is -2.14. The van der Waals surface area contributed by atoms with Gasteiger partial charge in [0.15, 0.2) is 5.78 Å². The lowest BCUT2D eigenvalue weighted by atomic mass is 9.83. The van der Waals surface area contributed by atoms with Crippen molar-refractivity contribution in [3.05, 3.63) is 76.9 Å². The first-order chi connectivity index (χ1) is 13.7. The summed E-state index contributed by atoms with van der Waals surface area (Å²) in [5.74, 6) is 0.256. The Morgan fingerprint density at radius 2 is 1.50 bits per heavy atom. The van der Waals surface area contributed by atoms with Gasteiger partial charge in [0.2, 0.25) is 0 Å². The Morgan fingerprint density at radius 1 is 0.900 bits per heavy atom. The van der Waals surface area contributed by atoms with Crippen LogP contribution in [-0.4, -0.2) is 24.0 Å². The molecule has 0 aromatic heterocycles. The maximum Gasteiger partial charge on any atom is 0.193 e. The van der Waals surface area contributed by atoms with Crippen LogP contribution < -0.4 is 5.32 Å². The maximum atomic E-state index is 13.0. The number of phenolic OH excluding ortho intramolecular Hbond substituents is 1. The number of aromatic hydroxyl groups is 1. The smallest absolute Gasteiger partial charge is 0.193 e. The first-order valence-corrected chi connectivity index (χ1v) is 10.3. The molecule has 3 rings (SSSR count). The van der Waals surface area contributed by atoms with Crippen LogP contribution in [0.5, 0.6) is 5.75 Å². The lowest BCUT2D eigenvalue weighted by molar-refractivity contribution is 0.103. The number of carbonyl (C=O) groups is 1. The van der Waals surface area contributed by atoms with Gasteiger partial charge >= 0.3 is 0 Å². The van der Waals surface area contributed by atoms with Crippen LogP contribution in [0.3, 0.4) is 0 Å². The summed E-state index contributed by atoms with van der Waals surface area (Å²) < 4.78 is 0. The second-order valence-electron chi connectivity index (χ2n) is 8.29. The molecule has 3 nitrogen and oxygen atoms in total. The van der Waals surface area contributed by atoms with E-state index in [9.17, 15) is 9.90 Å². The number of hydrogen-bond donors (Lipinski definition) is 2. The summed E-state index contributed by atoms with van der Waals surface area (Å²) in [6.45, 7) is 14.3. The molecule has 0 bridgehead atoms. The van der Waals surface area contributed by atoms with Gasteiger partial charge in [-0.2, -0.15) is 0 Å². The maximum absolute atomic E-state index is 13.0. The van der Waals surface area contributed by atoms with E-state index in [-0.39, 0.29) is 29.4 Å². The van der Waals surface area contributed by atoms with Gasteiger partial charge in [0.05, 0.1) is 0 Å². The Balaban J connectivity index is 0.000000674. The SMILES string of the molecule is CCNCC.Cc1cc(C(=O)c2ccc3ccccc3c2)cc(C(C)(C)C)c1O.Cl. The number of phenols is 1. The molecule has 0 atom stereocenters. The van der Waals surface area contributed by atoms with E-state index in [0.717, 1.165) is 35.0 Å². The molecule has 0 unspecified atom stereocenters. The Hall–Kier alpha value is -2.36. The van der Waals surface area contributed by atoms with Crippen molar-refractivity contribution >= 4 is 29.0 Å². The second kappa shape index (κ2) is 11.1. The average molecular weight is 428 g/mol. The molecule has 0 heterocycles. The highest BCUT2D eigenvalue weighted by atomic mass is 35.5. The Kier molecular flexibility index (Phi) is 9.54. The van der Waals surface area contributed by atoms with Gasteiger partial charge in [-0.3, -0.25) is 4.79 Å². The van der Waals surface area contributed by atoms with Crippen molar-refractivity contribution in [3.63, 3.8) is 0 Å². The van der Waals surface area contributed by atoms with E-state index in [1.165, 1.54) is 0 Å². The van der Waals surface area contributed by atoms with Crippen LogP contribution >= 0.6 is 12.4 Å². The Morgan fingerprint density at radius 3 is 2.03 bits per heavy atom. The molecule has 0 aliphatic heterocycles. The van der Waals surface area contributed by atoms with E-state index in [0.29, 0.717) is 11.1 Å². The number of fused-ring (bicyclic) bond motifs is 1. The van der Waals surface area contributed by atoms with Gasteiger partial charge in [-0.1, -0.05) is 71.0 Å². The van der Waals surface area contributed by atoms with Crippen LogP contribution in [0.1, 0.15) is 61.7 Å². The van der Waals surface area contributed by atoms with Crippen molar-refractivity contribution in [2.24, 2.45) is 0 Å². The van der Waals surface area contributed by atoms with Gasteiger partial charge in [0.1, 0.15) is 5.75 Å². The molecule has 0 aliphatic rings. The van der Waals surface area contributed by atoms with Crippen molar-refractivity contribution in [2.75, 3.05) is 13.1 Å². The fraction of sp³-hybridized carbons (Fsp3) is 0.346. The zero-order valence-corrected chi connectivity index (χ0v) is 19.7. The summed E-state index contributed by atoms with van der Waals surface area (Å²) in [6.07, 6.45) is 0. The Labute approximate surface area is 186 Å². The minimum Gasteiger partial charge on any atom is -0.507 e. The number of hydrogen-bond acceptors (Lipinski definition) is 3. The molecule has 0 saturated carbocycles. The summed E-state index contributed by atoms with van der Waals surface area (Å²) in [5, 5.41) is 15.6. The van der Waals surface area contributed by atoms with Crippen LogP contribution in [0, 0.1) is 6.92 Å². The van der Waals surface area contributed by atoms with Crippen molar-refractivity contribution in [3.8, 4) is 5.75 Å². The third-order valence-electron chi connectivity index (χ3n) is 4.88.